The number of nitrogens with zero attached hydrogens (tertiary/aromatic N) is 2. The molecule has 0 bridgehead atoms. The number of carbonyl (C=O) groups is 1. The van der Waals surface area contributed by atoms with Gasteiger partial charge in [0.2, 0.25) is 5.89 Å². The number of anilines is 1. The van der Waals surface area contributed by atoms with Crippen molar-refractivity contribution < 1.29 is 18.1 Å². The Kier molecular flexibility index (Phi) is 4.46. The summed E-state index contributed by atoms with van der Waals surface area (Å²) in [5.41, 5.74) is 0.118. The van der Waals surface area contributed by atoms with Crippen LogP contribution in [0.25, 0.3) is 0 Å². The van der Waals surface area contributed by atoms with Crippen LogP contribution in [0.1, 0.15) is 36.7 Å². The molecule has 0 saturated carbocycles. The molecule has 0 radical (unpaired) electrons. The van der Waals surface area contributed by atoms with Crippen LogP contribution in [0.4, 0.5) is 19.3 Å². The number of hydrogen-bond donors (Lipinski definition) is 2. The maximum atomic E-state index is 12.6. The number of amides is 2. The summed E-state index contributed by atoms with van der Waals surface area (Å²) in [4.78, 5) is 15.8. The van der Waals surface area contributed by atoms with Gasteiger partial charge in [-0.2, -0.15) is 4.98 Å². The third-order valence-electron chi connectivity index (χ3n) is 2.66. The van der Waals surface area contributed by atoms with Crippen molar-refractivity contribution in [3.05, 3.63) is 41.5 Å². The van der Waals surface area contributed by atoms with Crippen molar-refractivity contribution in [1.29, 1.82) is 0 Å². The van der Waals surface area contributed by atoms with Crippen LogP contribution in [-0.2, 0) is 0 Å². The molecular formula is C13H14F2N4O2. The van der Waals surface area contributed by atoms with Gasteiger partial charge in [0, 0.05) is 11.3 Å². The molecule has 0 aliphatic heterocycles. The standard InChI is InChI=1S/C13H14F2N4O2/c1-7(12-17-8(2)19-21-12)16-13(20)18-10-5-3-4-9(6-10)11(14)15/h3-7,11H,1-2H3,(H2,16,18,20)/t7-/m0/s1. The fourth-order valence-electron chi connectivity index (χ4n) is 1.67. The van der Waals surface area contributed by atoms with Gasteiger partial charge in [0.15, 0.2) is 5.82 Å². The Morgan fingerprint density at radius 3 is 2.76 bits per heavy atom. The SMILES string of the molecule is Cc1noc([C@H](C)NC(=O)Nc2cccc(C(F)F)c2)n1. The highest BCUT2D eigenvalue weighted by Crippen LogP contribution is 2.21. The van der Waals surface area contributed by atoms with Crippen molar-refractivity contribution >= 4 is 11.7 Å². The molecule has 6 nitrogen and oxygen atoms in total. The number of nitrogens with one attached hydrogen (secondary N) is 2. The van der Waals surface area contributed by atoms with E-state index in [4.69, 9.17) is 4.52 Å². The summed E-state index contributed by atoms with van der Waals surface area (Å²) < 4.78 is 30.0. The summed E-state index contributed by atoms with van der Waals surface area (Å²) in [6.07, 6.45) is -2.59. The molecule has 1 heterocycles. The molecule has 2 amide bonds. The van der Waals surface area contributed by atoms with Gasteiger partial charge >= 0.3 is 6.03 Å². The maximum Gasteiger partial charge on any atom is 0.319 e. The van der Waals surface area contributed by atoms with Crippen molar-refractivity contribution in [2.45, 2.75) is 26.3 Å². The largest absolute Gasteiger partial charge is 0.337 e. The van der Waals surface area contributed by atoms with Crippen molar-refractivity contribution in [3.8, 4) is 0 Å². The molecule has 1 aromatic carbocycles. The maximum absolute atomic E-state index is 12.6. The van der Waals surface area contributed by atoms with Gasteiger partial charge in [-0.3, -0.25) is 0 Å². The Bertz CT molecular complexity index is 630. The molecule has 0 aliphatic rings. The second kappa shape index (κ2) is 6.29. The highest BCUT2D eigenvalue weighted by molar-refractivity contribution is 5.89. The molecule has 0 spiro atoms. The van der Waals surface area contributed by atoms with E-state index >= 15 is 0 Å². The fraction of sp³-hybridized carbons (Fsp3) is 0.308. The van der Waals surface area contributed by atoms with Gasteiger partial charge in [0.25, 0.3) is 6.43 Å². The molecule has 1 atom stereocenters. The van der Waals surface area contributed by atoms with E-state index in [0.717, 1.165) is 0 Å². The number of rotatable bonds is 4. The van der Waals surface area contributed by atoms with E-state index in [1.807, 2.05) is 0 Å². The summed E-state index contributed by atoms with van der Waals surface area (Å²) in [5, 5.41) is 8.66. The van der Waals surface area contributed by atoms with Crippen LogP contribution < -0.4 is 10.6 Å². The highest BCUT2D eigenvalue weighted by Gasteiger charge is 2.16. The van der Waals surface area contributed by atoms with Gasteiger partial charge in [0.05, 0.1) is 0 Å². The molecule has 1 aromatic heterocycles. The number of benzene rings is 1. The molecule has 112 valence electrons. The van der Waals surface area contributed by atoms with Gasteiger partial charge in [0.1, 0.15) is 6.04 Å². The van der Waals surface area contributed by atoms with Crippen LogP contribution >= 0.6 is 0 Å². The lowest BCUT2D eigenvalue weighted by molar-refractivity contribution is 0.151. The third kappa shape index (κ3) is 3.98. The molecule has 2 aromatic rings. The molecule has 8 heteroatoms. The molecule has 0 aliphatic carbocycles. The minimum atomic E-state index is -2.59. The Balaban J connectivity index is 1.97. The summed E-state index contributed by atoms with van der Waals surface area (Å²) in [6.45, 7) is 3.33. The normalized spacial score (nSPS) is 12.2. The molecule has 21 heavy (non-hydrogen) atoms. The molecule has 0 saturated heterocycles. The first-order chi connectivity index (χ1) is 9.95. The number of halogens is 2. The first-order valence-corrected chi connectivity index (χ1v) is 6.21. The minimum absolute atomic E-state index is 0.159. The van der Waals surface area contributed by atoms with Gasteiger partial charge in [-0.25, -0.2) is 13.6 Å². The highest BCUT2D eigenvalue weighted by atomic mass is 19.3. The average Bonchev–Trinajstić information content (AvgIpc) is 2.85. The number of carbonyl (C=O) groups excluding carboxylic acids is 1. The van der Waals surface area contributed by atoms with Gasteiger partial charge in [-0.05, 0) is 26.0 Å². The van der Waals surface area contributed by atoms with E-state index < -0.39 is 18.5 Å². The molecule has 2 rings (SSSR count). The number of alkyl halides is 2. The van der Waals surface area contributed by atoms with Crippen molar-refractivity contribution in [2.24, 2.45) is 0 Å². The van der Waals surface area contributed by atoms with E-state index in [1.165, 1.54) is 24.3 Å². The molecule has 2 N–H and O–H groups in total. The lowest BCUT2D eigenvalue weighted by Crippen LogP contribution is -2.31. The Labute approximate surface area is 119 Å². The monoisotopic (exact) mass is 296 g/mol. The molecule has 0 unspecified atom stereocenters. The van der Waals surface area contributed by atoms with Crippen LogP contribution in [0.5, 0.6) is 0 Å². The summed E-state index contributed by atoms with van der Waals surface area (Å²) in [6, 6.07) is 4.42. The minimum Gasteiger partial charge on any atom is -0.337 e. The molecular weight excluding hydrogens is 282 g/mol. The fourth-order valence-corrected chi connectivity index (χ4v) is 1.67. The predicted octanol–water partition coefficient (Wildman–Crippen LogP) is 3.20. The number of aryl methyl sites for hydroxylation is 1. The van der Waals surface area contributed by atoms with Gasteiger partial charge in [-0.15, -0.1) is 0 Å². The van der Waals surface area contributed by atoms with Crippen LogP contribution in [0.2, 0.25) is 0 Å². The Morgan fingerprint density at radius 2 is 2.14 bits per heavy atom. The van der Waals surface area contributed by atoms with E-state index in [9.17, 15) is 13.6 Å². The quantitative estimate of drug-likeness (QED) is 0.908. The lowest BCUT2D eigenvalue weighted by Gasteiger charge is -2.11. The zero-order valence-electron chi connectivity index (χ0n) is 11.4. The number of aromatic nitrogens is 2. The smallest absolute Gasteiger partial charge is 0.319 e. The zero-order chi connectivity index (χ0) is 15.4. The molecule has 0 fully saturated rings. The zero-order valence-corrected chi connectivity index (χ0v) is 11.4. The van der Waals surface area contributed by atoms with Crippen LogP contribution in [-0.4, -0.2) is 16.2 Å². The van der Waals surface area contributed by atoms with Gasteiger partial charge in [-0.1, -0.05) is 17.3 Å². The predicted molar refractivity (Wildman–Crippen MR) is 71.0 cm³/mol. The summed E-state index contributed by atoms with van der Waals surface area (Å²) in [5.74, 6) is 0.729. The van der Waals surface area contributed by atoms with Crippen LogP contribution in [0.3, 0.4) is 0 Å². The van der Waals surface area contributed by atoms with Crippen LogP contribution in [0.15, 0.2) is 28.8 Å². The van der Waals surface area contributed by atoms with Gasteiger partial charge < -0.3 is 15.2 Å². The summed E-state index contributed by atoms with van der Waals surface area (Å²) in [7, 11) is 0. The van der Waals surface area contributed by atoms with E-state index in [0.29, 0.717) is 5.82 Å². The second-order valence-corrected chi connectivity index (χ2v) is 4.43. The topological polar surface area (TPSA) is 80.0 Å². The third-order valence-corrected chi connectivity index (χ3v) is 2.66. The van der Waals surface area contributed by atoms with Crippen molar-refractivity contribution in [1.82, 2.24) is 15.5 Å². The number of urea groups is 1. The number of hydrogen-bond acceptors (Lipinski definition) is 4. The lowest BCUT2D eigenvalue weighted by atomic mass is 10.2. The van der Waals surface area contributed by atoms with E-state index in [1.54, 1.807) is 13.8 Å². The second-order valence-electron chi connectivity index (χ2n) is 4.43. The van der Waals surface area contributed by atoms with E-state index in [-0.39, 0.29) is 17.1 Å². The van der Waals surface area contributed by atoms with Crippen molar-refractivity contribution in [3.63, 3.8) is 0 Å². The van der Waals surface area contributed by atoms with Crippen molar-refractivity contribution in [2.75, 3.05) is 5.32 Å². The summed E-state index contributed by atoms with van der Waals surface area (Å²) >= 11 is 0. The first-order valence-electron chi connectivity index (χ1n) is 6.21. The first kappa shape index (κ1) is 14.9. The van der Waals surface area contributed by atoms with E-state index in [2.05, 4.69) is 20.8 Å². The Morgan fingerprint density at radius 1 is 1.38 bits per heavy atom. The Hall–Kier alpha value is -2.51. The average molecular weight is 296 g/mol. The van der Waals surface area contributed by atoms with Crippen LogP contribution in [0, 0.1) is 6.92 Å².